The van der Waals surface area contributed by atoms with Crippen molar-refractivity contribution in [2.75, 3.05) is 6.54 Å². The van der Waals surface area contributed by atoms with Gasteiger partial charge >= 0.3 is 6.01 Å². The van der Waals surface area contributed by atoms with Gasteiger partial charge in [-0.25, -0.2) is 13.4 Å². The number of ether oxygens (including phenoxy) is 1. The van der Waals surface area contributed by atoms with Crippen LogP contribution in [0.2, 0.25) is 0 Å². The van der Waals surface area contributed by atoms with Crippen molar-refractivity contribution in [3.63, 3.8) is 0 Å². The zero-order valence-corrected chi connectivity index (χ0v) is 29.4. The maximum atomic E-state index is 14.4. The van der Waals surface area contributed by atoms with Crippen molar-refractivity contribution < 1.29 is 36.7 Å². The zero-order valence-electron chi connectivity index (χ0n) is 28.6. The third-order valence-electron chi connectivity index (χ3n) is 9.43. The fourth-order valence-electron chi connectivity index (χ4n) is 5.75. The van der Waals surface area contributed by atoms with Crippen LogP contribution in [0.1, 0.15) is 73.1 Å². The van der Waals surface area contributed by atoms with Gasteiger partial charge in [0.1, 0.15) is 29.4 Å². The van der Waals surface area contributed by atoms with Gasteiger partial charge in [0.25, 0.3) is 5.91 Å². The van der Waals surface area contributed by atoms with Crippen LogP contribution in [0.5, 0.6) is 6.01 Å². The molecule has 0 bridgehead atoms. The van der Waals surface area contributed by atoms with E-state index < -0.39 is 68.1 Å². The van der Waals surface area contributed by atoms with Crippen molar-refractivity contribution in [3.05, 3.63) is 43.3 Å². The first-order chi connectivity index (χ1) is 23.0. The molecular weight excluding hydrogens is 652 g/mol. The SMILES string of the molecule is C=C[C@H](C)[C@@](C)(NC(=O)[C@@H]1C[C@@H](Oc2nccc(-c3ccco3)n2)CN1C(=O)[C@@H](NC(=O)CC1CC1)C(C)(C)C)C(=O)NS(=O)(=O)C1CC1. The van der Waals surface area contributed by atoms with Gasteiger partial charge in [-0.2, -0.15) is 4.98 Å². The Labute approximate surface area is 286 Å². The maximum absolute atomic E-state index is 14.4. The number of hydrogen-bond acceptors (Lipinski definition) is 10. The maximum Gasteiger partial charge on any atom is 0.317 e. The molecule has 2 aliphatic carbocycles. The summed E-state index contributed by atoms with van der Waals surface area (Å²) >= 11 is 0. The number of hydrogen-bond donors (Lipinski definition) is 3. The number of nitrogens with one attached hydrogen (secondary N) is 3. The molecule has 266 valence electrons. The van der Waals surface area contributed by atoms with Crippen molar-refractivity contribution in [2.24, 2.45) is 17.3 Å². The van der Waals surface area contributed by atoms with E-state index in [0.29, 0.717) is 36.6 Å². The summed E-state index contributed by atoms with van der Waals surface area (Å²) in [6.45, 7) is 12.3. The Hall–Kier alpha value is -4.27. The highest BCUT2D eigenvalue weighted by Crippen LogP contribution is 2.34. The van der Waals surface area contributed by atoms with E-state index in [1.807, 2.05) is 20.8 Å². The summed E-state index contributed by atoms with van der Waals surface area (Å²) in [5.41, 5.74) is -1.99. The molecule has 0 unspecified atom stereocenters. The molecule has 5 atom stereocenters. The quantitative estimate of drug-likeness (QED) is 0.248. The van der Waals surface area contributed by atoms with E-state index in [1.165, 1.54) is 30.4 Å². The zero-order chi connectivity index (χ0) is 35.7. The van der Waals surface area contributed by atoms with Gasteiger partial charge in [-0.1, -0.05) is 33.8 Å². The van der Waals surface area contributed by atoms with Crippen molar-refractivity contribution >= 4 is 33.7 Å². The Kier molecular flexibility index (Phi) is 10.2. The van der Waals surface area contributed by atoms with Crippen molar-refractivity contribution in [3.8, 4) is 17.5 Å². The molecule has 0 spiro atoms. The van der Waals surface area contributed by atoms with Crippen molar-refractivity contribution in [2.45, 2.75) is 102 Å². The number of furan rings is 1. The number of sulfonamides is 1. The monoisotopic (exact) mass is 698 g/mol. The molecule has 14 nitrogen and oxygen atoms in total. The van der Waals surface area contributed by atoms with Gasteiger partial charge in [-0.15, -0.1) is 6.58 Å². The molecule has 5 rings (SSSR count). The van der Waals surface area contributed by atoms with Gasteiger partial charge in [0.05, 0.1) is 18.1 Å². The van der Waals surface area contributed by atoms with E-state index in [1.54, 1.807) is 25.1 Å². The Morgan fingerprint density at radius 3 is 2.45 bits per heavy atom. The summed E-state index contributed by atoms with van der Waals surface area (Å²) in [6.07, 6.45) is 6.86. The molecule has 0 radical (unpaired) electrons. The number of aromatic nitrogens is 2. The standard InChI is InChI=1S/C34H46N6O8S/c1-7-20(2)34(6,31(44)39-49(45,46)23-12-13-23)38-29(42)25-18-22(48-32-35-15-14-24(36-32)26-9-8-16-47-26)19-40(25)30(43)28(33(3,4)5)37-27(41)17-21-10-11-21/h7-9,14-16,20-23,25,28H,1,10-13,17-19H2,2-6H3,(H,37,41)(H,38,42)(H,39,44)/t20-,22+,25-,28+,34+/m0/s1. The predicted molar refractivity (Wildman–Crippen MR) is 179 cm³/mol. The smallest absolute Gasteiger partial charge is 0.317 e. The normalized spacial score (nSPS) is 21.9. The van der Waals surface area contributed by atoms with Crippen LogP contribution < -0.4 is 20.1 Å². The second-order valence-electron chi connectivity index (χ2n) is 14.6. The van der Waals surface area contributed by atoms with Gasteiger partial charge in [0, 0.05) is 25.0 Å². The second-order valence-corrected chi connectivity index (χ2v) is 16.6. The van der Waals surface area contributed by atoms with Crippen LogP contribution in [-0.4, -0.2) is 82.4 Å². The molecule has 3 heterocycles. The molecule has 2 saturated carbocycles. The highest BCUT2D eigenvalue weighted by atomic mass is 32.2. The lowest BCUT2D eigenvalue weighted by Gasteiger charge is -2.37. The van der Waals surface area contributed by atoms with Crippen molar-refractivity contribution in [1.82, 2.24) is 30.2 Å². The molecule has 1 aliphatic heterocycles. The number of carbonyl (C=O) groups is 4. The third kappa shape index (κ3) is 8.49. The van der Waals surface area contributed by atoms with Gasteiger partial charge in [0.15, 0.2) is 5.76 Å². The van der Waals surface area contributed by atoms with Gasteiger partial charge in [0.2, 0.25) is 27.7 Å². The average molecular weight is 699 g/mol. The van der Waals surface area contributed by atoms with Crippen LogP contribution >= 0.6 is 0 Å². The Bertz CT molecular complexity index is 1680. The molecule has 3 N–H and O–H groups in total. The number of rotatable bonds is 14. The van der Waals surface area contributed by atoms with Crippen LogP contribution in [0.3, 0.4) is 0 Å². The van der Waals surface area contributed by atoms with Crippen LogP contribution in [0.25, 0.3) is 11.5 Å². The number of carbonyl (C=O) groups excluding carboxylic acids is 4. The first kappa shape index (κ1) is 36.0. The van der Waals surface area contributed by atoms with Crippen LogP contribution in [0, 0.1) is 17.3 Å². The largest absolute Gasteiger partial charge is 0.463 e. The van der Waals surface area contributed by atoms with Crippen LogP contribution in [-0.2, 0) is 29.2 Å². The molecule has 15 heteroatoms. The van der Waals surface area contributed by atoms with Gasteiger partial charge in [-0.3, -0.25) is 23.9 Å². The van der Waals surface area contributed by atoms with Gasteiger partial charge < -0.3 is 24.7 Å². The summed E-state index contributed by atoms with van der Waals surface area (Å²) in [5.74, 6) is -2.25. The summed E-state index contributed by atoms with van der Waals surface area (Å²) in [4.78, 5) is 65.1. The lowest BCUT2D eigenvalue weighted by Crippen LogP contribution is -2.64. The minimum Gasteiger partial charge on any atom is -0.463 e. The van der Waals surface area contributed by atoms with Gasteiger partial charge in [-0.05, 0) is 62.1 Å². The van der Waals surface area contributed by atoms with E-state index in [0.717, 1.165) is 12.8 Å². The molecule has 3 aliphatic rings. The number of amides is 4. The minimum atomic E-state index is -3.93. The lowest BCUT2D eigenvalue weighted by atomic mass is 9.85. The van der Waals surface area contributed by atoms with E-state index in [9.17, 15) is 27.6 Å². The second kappa shape index (κ2) is 13.9. The first-order valence-electron chi connectivity index (χ1n) is 16.7. The summed E-state index contributed by atoms with van der Waals surface area (Å²) in [5, 5.41) is 5.00. The minimum absolute atomic E-state index is 0.000656. The molecular formula is C34H46N6O8S. The summed E-state index contributed by atoms with van der Waals surface area (Å²) in [7, 11) is -3.93. The molecule has 2 aromatic heterocycles. The number of nitrogens with zero attached hydrogens (tertiary/aromatic N) is 3. The van der Waals surface area contributed by atoms with E-state index >= 15 is 0 Å². The topological polar surface area (TPSA) is 190 Å². The van der Waals surface area contributed by atoms with E-state index in [4.69, 9.17) is 9.15 Å². The van der Waals surface area contributed by atoms with E-state index in [2.05, 4.69) is 31.9 Å². The molecule has 3 fully saturated rings. The van der Waals surface area contributed by atoms with E-state index in [-0.39, 0.29) is 24.9 Å². The molecule has 0 aromatic carbocycles. The first-order valence-corrected chi connectivity index (χ1v) is 18.2. The molecule has 2 aromatic rings. The average Bonchev–Trinajstić information content (AvgIpc) is 3.96. The van der Waals surface area contributed by atoms with Crippen molar-refractivity contribution in [1.29, 1.82) is 0 Å². The highest BCUT2D eigenvalue weighted by Gasteiger charge is 2.50. The molecule has 4 amide bonds. The summed E-state index contributed by atoms with van der Waals surface area (Å²) < 4.78 is 39.1. The highest BCUT2D eigenvalue weighted by molar-refractivity contribution is 7.91. The Morgan fingerprint density at radius 2 is 1.86 bits per heavy atom. The number of likely N-dealkylation sites (tertiary alicyclic amines) is 1. The Balaban J connectivity index is 1.42. The predicted octanol–water partition coefficient (Wildman–Crippen LogP) is 2.72. The van der Waals surface area contributed by atoms with Crippen LogP contribution in [0.4, 0.5) is 0 Å². The molecule has 1 saturated heterocycles. The third-order valence-corrected chi connectivity index (χ3v) is 11.3. The molecule has 49 heavy (non-hydrogen) atoms. The summed E-state index contributed by atoms with van der Waals surface area (Å²) in [6, 6.07) is 2.99. The van der Waals surface area contributed by atoms with Crippen LogP contribution in [0.15, 0.2) is 47.7 Å². The fraction of sp³-hybridized carbons (Fsp3) is 0.588. The Morgan fingerprint density at radius 1 is 1.14 bits per heavy atom. The lowest BCUT2D eigenvalue weighted by molar-refractivity contribution is -0.145. The fourth-order valence-corrected chi connectivity index (χ4v) is 7.14.